The zero-order valence-electron chi connectivity index (χ0n) is 12.2. The summed E-state index contributed by atoms with van der Waals surface area (Å²) >= 11 is 1.55. The van der Waals surface area contributed by atoms with E-state index in [0.29, 0.717) is 6.54 Å². The molecule has 0 saturated carbocycles. The highest BCUT2D eigenvalue weighted by molar-refractivity contribution is 7.89. The average Bonchev–Trinajstić information content (AvgIpc) is 3.00. The first-order valence-electron chi connectivity index (χ1n) is 6.84. The maximum absolute atomic E-state index is 12.5. The van der Waals surface area contributed by atoms with Crippen LogP contribution in [0.3, 0.4) is 0 Å². The van der Waals surface area contributed by atoms with Crippen molar-refractivity contribution in [2.24, 2.45) is 5.73 Å². The number of rotatable bonds is 6. The maximum Gasteiger partial charge on any atom is 0.241 e. The molecule has 0 aliphatic rings. The van der Waals surface area contributed by atoms with E-state index in [2.05, 4.69) is 4.72 Å². The lowest BCUT2D eigenvalue weighted by Crippen LogP contribution is -2.26. The largest absolute Gasteiger partial charge is 0.326 e. The summed E-state index contributed by atoms with van der Waals surface area (Å²) in [5, 5.41) is 3.88. The number of aryl methyl sites for hydroxylation is 1. The Bertz CT molecular complexity index is 694. The molecule has 1 heterocycles. The van der Waals surface area contributed by atoms with E-state index < -0.39 is 10.0 Å². The monoisotopic (exact) mass is 324 g/mol. The molecule has 0 spiro atoms. The molecule has 0 bridgehead atoms. The van der Waals surface area contributed by atoms with Gasteiger partial charge in [-0.1, -0.05) is 13.0 Å². The fraction of sp³-hybridized carbons (Fsp3) is 0.333. The summed E-state index contributed by atoms with van der Waals surface area (Å²) in [7, 11) is -3.54. The van der Waals surface area contributed by atoms with Crippen LogP contribution < -0.4 is 10.5 Å². The molecule has 6 heteroatoms. The minimum atomic E-state index is -3.54. The maximum atomic E-state index is 12.5. The Kier molecular flexibility index (Phi) is 5.16. The second-order valence-corrected chi connectivity index (χ2v) is 7.38. The van der Waals surface area contributed by atoms with Crippen molar-refractivity contribution in [3.8, 4) is 0 Å². The van der Waals surface area contributed by atoms with Gasteiger partial charge in [-0.15, -0.1) is 0 Å². The second kappa shape index (κ2) is 6.70. The van der Waals surface area contributed by atoms with Crippen molar-refractivity contribution in [2.75, 3.05) is 0 Å². The predicted octanol–water partition coefficient (Wildman–Crippen LogP) is 2.81. The number of benzene rings is 1. The molecule has 1 aromatic carbocycles. The van der Waals surface area contributed by atoms with Gasteiger partial charge in [-0.25, -0.2) is 13.1 Å². The van der Waals surface area contributed by atoms with Gasteiger partial charge >= 0.3 is 0 Å². The van der Waals surface area contributed by atoms with E-state index >= 15 is 0 Å². The van der Waals surface area contributed by atoms with E-state index in [1.165, 1.54) is 0 Å². The minimum absolute atomic E-state index is 0.256. The highest BCUT2D eigenvalue weighted by Crippen LogP contribution is 2.21. The fourth-order valence-corrected chi connectivity index (χ4v) is 4.23. The van der Waals surface area contributed by atoms with E-state index in [1.807, 2.05) is 36.7 Å². The number of thiophene rings is 1. The fourth-order valence-electron chi connectivity index (χ4n) is 2.19. The molecule has 0 amide bonds. The average molecular weight is 324 g/mol. The van der Waals surface area contributed by atoms with Crippen LogP contribution in [0, 0.1) is 0 Å². The summed E-state index contributed by atoms with van der Waals surface area (Å²) in [6, 6.07) is 6.81. The second-order valence-electron chi connectivity index (χ2n) is 4.89. The van der Waals surface area contributed by atoms with Gasteiger partial charge in [0.15, 0.2) is 0 Å². The van der Waals surface area contributed by atoms with Crippen molar-refractivity contribution in [2.45, 2.75) is 37.8 Å². The van der Waals surface area contributed by atoms with Crippen LogP contribution in [0.25, 0.3) is 0 Å². The third kappa shape index (κ3) is 3.71. The van der Waals surface area contributed by atoms with Gasteiger partial charge in [-0.2, -0.15) is 11.3 Å². The van der Waals surface area contributed by atoms with E-state index in [-0.39, 0.29) is 10.9 Å². The van der Waals surface area contributed by atoms with E-state index in [4.69, 9.17) is 5.73 Å². The molecule has 2 rings (SSSR count). The van der Waals surface area contributed by atoms with Gasteiger partial charge in [0.25, 0.3) is 0 Å². The lowest BCUT2D eigenvalue weighted by atomic mass is 10.1. The number of nitrogens with two attached hydrogens (primary N) is 1. The quantitative estimate of drug-likeness (QED) is 0.858. The van der Waals surface area contributed by atoms with Crippen LogP contribution in [0.15, 0.2) is 39.9 Å². The molecule has 1 aromatic heterocycles. The van der Waals surface area contributed by atoms with Crippen molar-refractivity contribution in [1.82, 2.24) is 4.72 Å². The zero-order chi connectivity index (χ0) is 15.5. The first-order chi connectivity index (χ1) is 9.97. The van der Waals surface area contributed by atoms with Gasteiger partial charge in [0.1, 0.15) is 0 Å². The molecule has 4 nitrogen and oxygen atoms in total. The molecular weight excluding hydrogens is 304 g/mol. The number of sulfonamides is 1. The summed E-state index contributed by atoms with van der Waals surface area (Å²) in [4.78, 5) is 0.266. The van der Waals surface area contributed by atoms with Crippen LogP contribution in [-0.2, 0) is 23.0 Å². The summed E-state index contributed by atoms with van der Waals surface area (Å²) in [5.41, 5.74) is 8.63. The standard InChI is InChI=1S/C15H20N2O2S2/c1-3-12-4-5-15(8-14(12)9-16)21(18,19)17-11(2)13-6-7-20-10-13/h4-8,10-11,17H,3,9,16H2,1-2H3. The topological polar surface area (TPSA) is 72.2 Å². The SMILES string of the molecule is CCc1ccc(S(=O)(=O)NC(C)c2ccsc2)cc1CN. The summed E-state index contributed by atoms with van der Waals surface area (Å²) in [6.45, 7) is 4.20. The minimum Gasteiger partial charge on any atom is -0.326 e. The van der Waals surface area contributed by atoms with E-state index in [9.17, 15) is 8.42 Å². The Morgan fingerprint density at radius 2 is 2.05 bits per heavy atom. The molecule has 1 unspecified atom stereocenters. The lowest BCUT2D eigenvalue weighted by molar-refractivity contribution is 0.567. The molecule has 0 aliphatic carbocycles. The van der Waals surface area contributed by atoms with Gasteiger partial charge in [0, 0.05) is 12.6 Å². The van der Waals surface area contributed by atoms with Crippen molar-refractivity contribution >= 4 is 21.4 Å². The van der Waals surface area contributed by atoms with Crippen molar-refractivity contribution in [1.29, 1.82) is 0 Å². The summed E-state index contributed by atoms with van der Waals surface area (Å²) < 4.78 is 27.6. The summed E-state index contributed by atoms with van der Waals surface area (Å²) in [5.74, 6) is 0. The third-order valence-electron chi connectivity index (χ3n) is 3.46. The Morgan fingerprint density at radius 3 is 2.62 bits per heavy atom. The smallest absolute Gasteiger partial charge is 0.241 e. The molecule has 0 saturated heterocycles. The van der Waals surface area contributed by atoms with Gasteiger partial charge in [0.05, 0.1) is 4.90 Å². The molecule has 114 valence electrons. The van der Waals surface area contributed by atoms with Gasteiger partial charge in [-0.3, -0.25) is 0 Å². The van der Waals surface area contributed by atoms with Crippen LogP contribution in [0.1, 0.15) is 36.6 Å². The first kappa shape index (κ1) is 16.2. The van der Waals surface area contributed by atoms with Crippen LogP contribution in [0.4, 0.5) is 0 Å². The van der Waals surface area contributed by atoms with Gasteiger partial charge in [-0.05, 0) is 59.0 Å². The predicted molar refractivity (Wildman–Crippen MR) is 86.8 cm³/mol. The van der Waals surface area contributed by atoms with Gasteiger partial charge < -0.3 is 5.73 Å². The molecule has 21 heavy (non-hydrogen) atoms. The Morgan fingerprint density at radius 1 is 1.29 bits per heavy atom. The normalized spacial score (nSPS) is 13.3. The van der Waals surface area contributed by atoms with Crippen LogP contribution in [0.5, 0.6) is 0 Å². The molecule has 2 aromatic rings. The third-order valence-corrected chi connectivity index (χ3v) is 5.70. The Balaban J connectivity index is 2.27. The summed E-state index contributed by atoms with van der Waals surface area (Å²) in [6.07, 6.45) is 0.839. The molecule has 3 N–H and O–H groups in total. The van der Waals surface area contributed by atoms with E-state index in [0.717, 1.165) is 23.1 Å². The van der Waals surface area contributed by atoms with Gasteiger partial charge in [0.2, 0.25) is 10.0 Å². The first-order valence-corrected chi connectivity index (χ1v) is 9.26. The molecular formula is C15H20N2O2S2. The lowest BCUT2D eigenvalue weighted by Gasteiger charge is -2.15. The molecule has 1 atom stereocenters. The number of hydrogen-bond donors (Lipinski definition) is 2. The number of nitrogens with one attached hydrogen (secondary N) is 1. The van der Waals surface area contributed by atoms with Crippen molar-refractivity contribution < 1.29 is 8.42 Å². The van der Waals surface area contributed by atoms with Crippen LogP contribution in [-0.4, -0.2) is 8.42 Å². The zero-order valence-corrected chi connectivity index (χ0v) is 13.8. The Labute approximate surface area is 130 Å². The Hall–Kier alpha value is -1.21. The van der Waals surface area contributed by atoms with Crippen molar-refractivity contribution in [3.63, 3.8) is 0 Å². The van der Waals surface area contributed by atoms with E-state index in [1.54, 1.807) is 23.5 Å². The van der Waals surface area contributed by atoms with Crippen molar-refractivity contribution in [3.05, 3.63) is 51.7 Å². The molecule has 0 fully saturated rings. The van der Waals surface area contributed by atoms with Crippen LogP contribution in [0.2, 0.25) is 0 Å². The highest BCUT2D eigenvalue weighted by atomic mass is 32.2. The molecule has 0 radical (unpaired) electrons. The number of hydrogen-bond acceptors (Lipinski definition) is 4. The van der Waals surface area contributed by atoms with Crippen LogP contribution >= 0.6 is 11.3 Å². The highest BCUT2D eigenvalue weighted by Gasteiger charge is 2.19. The molecule has 0 aliphatic heterocycles.